The molecular formula is C16H16N2O3S. The fourth-order valence-corrected chi connectivity index (χ4v) is 4.22. The van der Waals surface area contributed by atoms with Gasteiger partial charge in [0, 0.05) is 18.3 Å². The molecule has 0 N–H and O–H groups in total. The second-order valence-corrected chi connectivity index (χ2v) is 6.54. The Morgan fingerprint density at radius 3 is 2.91 bits per heavy atom. The average molecular weight is 316 g/mol. The van der Waals surface area contributed by atoms with E-state index in [0.717, 1.165) is 12.1 Å². The third-order valence-corrected chi connectivity index (χ3v) is 5.30. The zero-order chi connectivity index (χ0) is 15.3. The van der Waals surface area contributed by atoms with Crippen LogP contribution < -0.4 is 4.90 Å². The molecule has 2 atom stereocenters. The Hall–Kier alpha value is -2.08. The summed E-state index contributed by atoms with van der Waals surface area (Å²) >= 11 is 1.58. The number of hydrogen-bond acceptors (Lipinski definition) is 4. The molecule has 2 amide bonds. The van der Waals surface area contributed by atoms with Gasteiger partial charge >= 0.3 is 0 Å². The number of aryl methyl sites for hydroxylation is 1. The minimum absolute atomic E-state index is 0.0290. The smallest absolute Gasteiger partial charge is 0.257 e. The molecule has 0 aliphatic carbocycles. The van der Waals surface area contributed by atoms with Crippen molar-refractivity contribution in [3.8, 4) is 0 Å². The van der Waals surface area contributed by atoms with E-state index in [-0.39, 0.29) is 23.9 Å². The molecule has 2 fully saturated rings. The van der Waals surface area contributed by atoms with Gasteiger partial charge in [-0.05, 0) is 30.9 Å². The van der Waals surface area contributed by atoms with Gasteiger partial charge in [0.2, 0.25) is 5.91 Å². The maximum Gasteiger partial charge on any atom is 0.257 e. The van der Waals surface area contributed by atoms with Crippen LogP contribution in [-0.4, -0.2) is 35.3 Å². The summed E-state index contributed by atoms with van der Waals surface area (Å²) in [6.45, 7) is 2.48. The van der Waals surface area contributed by atoms with Crippen LogP contribution >= 0.6 is 11.3 Å². The first-order valence-electron chi connectivity index (χ1n) is 7.36. The average Bonchev–Trinajstić information content (AvgIpc) is 3.22. The van der Waals surface area contributed by atoms with E-state index in [1.807, 2.05) is 26.6 Å². The third kappa shape index (κ3) is 1.90. The fraction of sp³-hybridized carbons (Fsp3) is 0.375. The SMILES string of the molecule is Cc1occc1C(=O)N1CC[C@@H]2[C@@H]1CC(=O)N2c1ccsc1. The molecule has 0 bridgehead atoms. The molecule has 0 aromatic carbocycles. The van der Waals surface area contributed by atoms with E-state index in [4.69, 9.17) is 4.42 Å². The number of amides is 2. The van der Waals surface area contributed by atoms with Crippen LogP contribution in [0.1, 0.15) is 29.0 Å². The van der Waals surface area contributed by atoms with Gasteiger partial charge in [-0.15, -0.1) is 0 Å². The van der Waals surface area contributed by atoms with Gasteiger partial charge in [-0.2, -0.15) is 11.3 Å². The Morgan fingerprint density at radius 1 is 1.36 bits per heavy atom. The molecule has 6 heteroatoms. The molecule has 0 spiro atoms. The number of rotatable bonds is 2. The van der Waals surface area contributed by atoms with Crippen molar-refractivity contribution in [1.82, 2.24) is 4.90 Å². The summed E-state index contributed by atoms with van der Waals surface area (Å²) in [4.78, 5) is 28.8. The van der Waals surface area contributed by atoms with Gasteiger partial charge in [-0.1, -0.05) is 0 Å². The minimum Gasteiger partial charge on any atom is -0.469 e. The molecule has 5 nitrogen and oxygen atoms in total. The maximum absolute atomic E-state index is 12.7. The molecule has 22 heavy (non-hydrogen) atoms. The number of thiophene rings is 1. The molecule has 2 aromatic heterocycles. The summed E-state index contributed by atoms with van der Waals surface area (Å²) in [5.41, 5.74) is 1.55. The number of carbonyl (C=O) groups is 2. The normalized spacial score (nSPS) is 24.1. The van der Waals surface area contributed by atoms with Gasteiger partial charge in [0.15, 0.2) is 0 Å². The van der Waals surface area contributed by atoms with Gasteiger partial charge in [0.05, 0.1) is 29.6 Å². The lowest BCUT2D eigenvalue weighted by atomic mass is 10.1. The maximum atomic E-state index is 12.7. The van der Waals surface area contributed by atoms with Crippen molar-refractivity contribution in [2.24, 2.45) is 0 Å². The molecule has 0 saturated carbocycles. The van der Waals surface area contributed by atoms with Crippen LogP contribution in [0, 0.1) is 6.92 Å². The van der Waals surface area contributed by atoms with Gasteiger partial charge in [0.1, 0.15) is 5.76 Å². The number of nitrogens with zero attached hydrogens (tertiary/aromatic N) is 2. The topological polar surface area (TPSA) is 53.8 Å². The molecule has 0 unspecified atom stereocenters. The Morgan fingerprint density at radius 2 is 2.23 bits per heavy atom. The standard InChI is InChI=1S/C16H16N2O3S/c1-10-12(3-6-21-10)16(20)17-5-2-13-14(17)8-15(19)18(13)11-4-7-22-9-11/h3-4,6-7,9,13-14H,2,5,8H2,1H3/t13-,14+/m1/s1. The van der Waals surface area contributed by atoms with Crippen molar-refractivity contribution < 1.29 is 14.0 Å². The summed E-state index contributed by atoms with van der Waals surface area (Å²) in [7, 11) is 0. The highest BCUT2D eigenvalue weighted by molar-refractivity contribution is 7.08. The predicted octanol–water partition coefficient (Wildman–Crippen LogP) is 2.67. The number of likely N-dealkylation sites (tertiary alicyclic amines) is 1. The lowest BCUT2D eigenvalue weighted by molar-refractivity contribution is -0.117. The van der Waals surface area contributed by atoms with Crippen molar-refractivity contribution in [2.75, 3.05) is 11.4 Å². The molecule has 2 aliphatic heterocycles. The van der Waals surface area contributed by atoms with Crippen LogP contribution in [-0.2, 0) is 4.79 Å². The lowest BCUT2D eigenvalue weighted by Gasteiger charge is -2.24. The third-order valence-electron chi connectivity index (χ3n) is 4.63. The van der Waals surface area contributed by atoms with Crippen molar-refractivity contribution in [3.63, 3.8) is 0 Å². The molecule has 0 radical (unpaired) electrons. The summed E-state index contributed by atoms with van der Waals surface area (Å²) in [5.74, 6) is 0.709. The summed E-state index contributed by atoms with van der Waals surface area (Å²) < 4.78 is 5.23. The quantitative estimate of drug-likeness (QED) is 0.856. The first kappa shape index (κ1) is 13.6. The van der Waals surface area contributed by atoms with E-state index in [1.54, 1.807) is 24.3 Å². The van der Waals surface area contributed by atoms with Crippen LogP contribution in [0.3, 0.4) is 0 Å². The van der Waals surface area contributed by atoms with Gasteiger partial charge in [0.25, 0.3) is 5.91 Å². The highest BCUT2D eigenvalue weighted by Crippen LogP contribution is 2.37. The molecule has 4 heterocycles. The largest absolute Gasteiger partial charge is 0.469 e. The Labute approximate surface area is 132 Å². The zero-order valence-corrected chi connectivity index (χ0v) is 13.0. The molecule has 2 aromatic rings. The van der Waals surface area contributed by atoms with Crippen molar-refractivity contribution in [3.05, 3.63) is 40.5 Å². The summed E-state index contributed by atoms with van der Waals surface area (Å²) in [6, 6.07) is 3.74. The van der Waals surface area contributed by atoms with Gasteiger partial charge in [-0.25, -0.2) is 0 Å². The van der Waals surface area contributed by atoms with E-state index in [2.05, 4.69) is 0 Å². The number of furan rings is 1. The highest BCUT2D eigenvalue weighted by Gasteiger charge is 2.49. The first-order valence-corrected chi connectivity index (χ1v) is 8.30. The van der Waals surface area contributed by atoms with E-state index >= 15 is 0 Å². The van der Waals surface area contributed by atoms with Crippen molar-refractivity contribution >= 4 is 28.8 Å². The van der Waals surface area contributed by atoms with Crippen LogP contribution in [0.4, 0.5) is 5.69 Å². The van der Waals surface area contributed by atoms with Crippen molar-refractivity contribution in [1.29, 1.82) is 0 Å². The van der Waals surface area contributed by atoms with E-state index in [9.17, 15) is 9.59 Å². The second kappa shape index (κ2) is 4.98. The first-order chi connectivity index (χ1) is 10.7. The highest BCUT2D eigenvalue weighted by atomic mass is 32.1. The number of anilines is 1. The van der Waals surface area contributed by atoms with Crippen LogP contribution in [0.15, 0.2) is 33.6 Å². The minimum atomic E-state index is -0.0331. The fourth-order valence-electron chi connectivity index (χ4n) is 3.59. The Bertz CT molecular complexity index is 722. The summed E-state index contributed by atoms with van der Waals surface area (Å²) in [5, 5.41) is 3.97. The Balaban J connectivity index is 1.61. The summed E-state index contributed by atoms with van der Waals surface area (Å²) in [6.07, 6.45) is 2.77. The zero-order valence-electron chi connectivity index (χ0n) is 12.2. The van der Waals surface area contributed by atoms with E-state index in [1.165, 1.54) is 6.26 Å². The lowest BCUT2D eigenvalue weighted by Crippen LogP contribution is -2.40. The van der Waals surface area contributed by atoms with Gasteiger partial charge < -0.3 is 14.2 Å². The monoisotopic (exact) mass is 316 g/mol. The van der Waals surface area contributed by atoms with Crippen LogP contribution in [0.25, 0.3) is 0 Å². The predicted molar refractivity (Wildman–Crippen MR) is 83.1 cm³/mol. The second-order valence-electron chi connectivity index (χ2n) is 5.76. The molecule has 114 valence electrons. The number of fused-ring (bicyclic) bond motifs is 1. The number of carbonyl (C=O) groups excluding carboxylic acids is 2. The van der Waals surface area contributed by atoms with Crippen LogP contribution in [0.2, 0.25) is 0 Å². The van der Waals surface area contributed by atoms with Crippen LogP contribution in [0.5, 0.6) is 0 Å². The molecule has 4 rings (SSSR count). The van der Waals surface area contributed by atoms with Gasteiger partial charge in [-0.3, -0.25) is 9.59 Å². The molecule has 2 aliphatic rings. The van der Waals surface area contributed by atoms with Crippen molar-refractivity contribution in [2.45, 2.75) is 31.8 Å². The van der Waals surface area contributed by atoms with E-state index in [0.29, 0.717) is 24.3 Å². The Kier molecular flexibility index (Phi) is 3.07. The number of hydrogen-bond donors (Lipinski definition) is 0. The molecular weight excluding hydrogens is 300 g/mol. The molecule has 2 saturated heterocycles. The van der Waals surface area contributed by atoms with E-state index < -0.39 is 0 Å².